The van der Waals surface area contributed by atoms with Crippen LogP contribution in [0.4, 0.5) is 4.79 Å². The second kappa shape index (κ2) is 10.8. The van der Waals surface area contributed by atoms with Crippen LogP contribution in [0.15, 0.2) is 18.2 Å². The minimum atomic E-state index is -0.473. The Bertz CT molecular complexity index is 404. The van der Waals surface area contributed by atoms with Crippen LogP contribution < -0.4 is 10.6 Å². The number of amides is 1. The highest BCUT2D eigenvalue weighted by Gasteiger charge is 2.07. The molecule has 0 radical (unpaired) electrons. The van der Waals surface area contributed by atoms with E-state index in [0.29, 0.717) is 13.1 Å². The molecule has 0 spiro atoms. The lowest BCUT2D eigenvalue weighted by Crippen LogP contribution is -2.32. The summed E-state index contributed by atoms with van der Waals surface area (Å²) < 4.78 is 4.43. The standard InChI is InChI=1S/C12H18N2O4.C3H8/c1-8(13-3-4-14-12(17)18-2)9-5-10(15)7-11(16)6-9;1-3-2/h5-8,13,15-16H,3-4H2,1-2H3,(H,14,17);3H2,1-2H3. The number of phenolic OH excluding ortho intramolecular Hbond substituents is 2. The van der Waals surface area contributed by atoms with Crippen molar-refractivity contribution in [1.82, 2.24) is 10.6 Å². The van der Waals surface area contributed by atoms with Gasteiger partial charge >= 0.3 is 6.09 Å². The fourth-order valence-corrected chi connectivity index (χ4v) is 1.51. The topological polar surface area (TPSA) is 90.8 Å². The second-order valence-corrected chi connectivity index (χ2v) is 4.58. The van der Waals surface area contributed by atoms with Gasteiger partial charge in [0, 0.05) is 25.2 Å². The van der Waals surface area contributed by atoms with Gasteiger partial charge in [0.2, 0.25) is 0 Å². The number of ether oxygens (including phenoxy) is 1. The zero-order valence-corrected chi connectivity index (χ0v) is 13.1. The molecule has 1 amide bonds. The third-order valence-electron chi connectivity index (χ3n) is 2.46. The van der Waals surface area contributed by atoms with Crippen LogP contribution in [-0.2, 0) is 4.74 Å². The van der Waals surface area contributed by atoms with Crippen molar-refractivity contribution in [1.29, 1.82) is 0 Å². The first kappa shape index (κ1) is 19.1. The number of rotatable bonds is 5. The molecule has 0 saturated heterocycles. The number of alkyl carbamates (subject to hydrolysis) is 1. The molecule has 0 heterocycles. The average Bonchev–Trinajstić information content (AvgIpc) is 2.42. The van der Waals surface area contributed by atoms with E-state index in [1.807, 2.05) is 6.92 Å². The van der Waals surface area contributed by atoms with E-state index in [0.717, 1.165) is 5.56 Å². The van der Waals surface area contributed by atoms with E-state index < -0.39 is 6.09 Å². The van der Waals surface area contributed by atoms with Crippen LogP contribution in [0.1, 0.15) is 38.8 Å². The summed E-state index contributed by atoms with van der Waals surface area (Å²) in [5.74, 6) is 0.0395. The van der Waals surface area contributed by atoms with Crippen LogP contribution in [0.2, 0.25) is 0 Å². The highest BCUT2D eigenvalue weighted by Crippen LogP contribution is 2.24. The summed E-state index contributed by atoms with van der Waals surface area (Å²) in [5.41, 5.74) is 0.769. The van der Waals surface area contributed by atoms with Gasteiger partial charge in [0.05, 0.1) is 7.11 Å². The smallest absolute Gasteiger partial charge is 0.406 e. The first-order valence-corrected chi connectivity index (χ1v) is 7.02. The molecule has 6 heteroatoms. The Morgan fingerprint density at radius 1 is 1.19 bits per heavy atom. The SMILES string of the molecule is CCC.COC(=O)NCCNC(C)c1cc(O)cc(O)c1. The van der Waals surface area contributed by atoms with Gasteiger partial charge in [-0.3, -0.25) is 0 Å². The molecule has 0 bridgehead atoms. The molecule has 1 rings (SSSR count). The van der Waals surface area contributed by atoms with E-state index in [1.54, 1.807) is 12.1 Å². The van der Waals surface area contributed by atoms with Crippen molar-refractivity contribution in [3.63, 3.8) is 0 Å². The Morgan fingerprint density at radius 2 is 1.71 bits per heavy atom. The number of carbonyl (C=O) groups is 1. The minimum absolute atomic E-state index is 0.0198. The molecule has 1 aromatic rings. The summed E-state index contributed by atoms with van der Waals surface area (Å²) in [6, 6.07) is 4.37. The number of hydrogen-bond donors (Lipinski definition) is 4. The van der Waals surface area contributed by atoms with Crippen molar-refractivity contribution in [2.24, 2.45) is 0 Å². The van der Waals surface area contributed by atoms with Gasteiger partial charge in [-0.1, -0.05) is 20.3 Å². The van der Waals surface area contributed by atoms with Gasteiger partial charge in [-0.2, -0.15) is 0 Å². The van der Waals surface area contributed by atoms with E-state index in [4.69, 9.17) is 0 Å². The second-order valence-electron chi connectivity index (χ2n) is 4.58. The summed E-state index contributed by atoms with van der Waals surface area (Å²) in [4.78, 5) is 10.8. The third-order valence-corrected chi connectivity index (χ3v) is 2.46. The van der Waals surface area contributed by atoms with E-state index >= 15 is 0 Å². The maximum Gasteiger partial charge on any atom is 0.406 e. The maximum absolute atomic E-state index is 10.8. The van der Waals surface area contributed by atoms with Gasteiger partial charge in [-0.15, -0.1) is 0 Å². The van der Waals surface area contributed by atoms with Crippen molar-refractivity contribution < 1.29 is 19.7 Å². The fourth-order valence-electron chi connectivity index (χ4n) is 1.51. The highest BCUT2D eigenvalue weighted by atomic mass is 16.5. The number of benzene rings is 1. The van der Waals surface area contributed by atoms with Crippen LogP contribution in [0.5, 0.6) is 11.5 Å². The average molecular weight is 298 g/mol. The summed E-state index contributed by atoms with van der Waals surface area (Å²) in [6.07, 6.45) is 0.777. The number of phenols is 2. The van der Waals surface area contributed by atoms with Gasteiger partial charge in [0.15, 0.2) is 0 Å². The molecular formula is C15H26N2O4. The van der Waals surface area contributed by atoms with Crippen LogP contribution in [0.3, 0.4) is 0 Å². The normalized spacial score (nSPS) is 11.0. The van der Waals surface area contributed by atoms with Gasteiger partial charge in [-0.05, 0) is 24.6 Å². The summed E-state index contributed by atoms with van der Waals surface area (Å²) >= 11 is 0. The van der Waals surface area contributed by atoms with Gasteiger partial charge in [0.1, 0.15) is 11.5 Å². The summed E-state index contributed by atoms with van der Waals surface area (Å²) in [6.45, 7) is 7.13. The molecule has 120 valence electrons. The molecule has 1 unspecified atom stereocenters. The van der Waals surface area contributed by atoms with Gasteiger partial charge in [-0.25, -0.2) is 4.79 Å². The zero-order valence-electron chi connectivity index (χ0n) is 13.1. The van der Waals surface area contributed by atoms with Crippen molar-refractivity contribution >= 4 is 6.09 Å². The Balaban J connectivity index is 0.00000122. The predicted octanol–water partition coefficient (Wildman–Crippen LogP) is 2.52. The fraction of sp³-hybridized carbons (Fsp3) is 0.533. The van der Waals surface area contributed by atoms with E-state index in [-0.39, 0.29) is 17.5 Å². The molecule has 0 fully saturated rings. The van der Waals surface area contributed by atoms with Crippen molar-refractivity contribution in [3.05, 3.63) is 23.8 Å². The van der Waals surface area contributed by atoms with Crippen molar-refractivity contribution in [2.45, 2.75) is 33.2 Å². The Kier molecular flexibility index (Phi) is 9.79. The lowest BCUT2D eigenvalue weighted by atomic mass is 10.1. The van der Waals surface area contributed by atoms with Gasteiger partial charge in [0.25, 0.3) is 0 Å². The number of nitrogens with one attached hydrogen (secondary N) is 2. The number of aromatic hydroxyl groups is 2. The Labute approximate surface area is 126 Å². The van der Waals surface area contributed by atoms with Crippen molar-refractivity contribution in [2.75, 3.05) is 20.2 Å². The Hall–Kier alpha value is -1.95. The molecule has 1 aromatic carbocycles. The first-order valence-electron chi connectivity index (χ1n) is 7.02. The van der Waals surface area contributed by atoms with E-state index in [2.05, 4.69) is 29.2 Å². The molecule has 21 heavy (non-hydrogen) atoms. The molecule has 0 aliphatic rings. The highest BCUT2D eigenvalue weighted by molar-refractivity contribution is 5.66. The number of hydrogen-bond acceptors (Lipinski definition) is 5. The molecule has 0 aliphatic heterocycles. The largest absolute Gasteiger partial charge is 0.508 e. The monoisotopic (exact) mass is 298 g/mol. The third kappa shape index (κ3) is 8.75. The molecule has 0 aromatic heterocycles. The van der Waals surface area contributed by atoms with E-state index in [9.17, 15) is 15.0 Å². The molecular weight excluding hydrogens is 272 g/mol. The first-order chi connectivity index (χ1) is 9.94. The summed E-state index contributed by atoms with van der Waals surface area (Å²) in [7, 11) is 1.31. The molecule has 6 nitrogen and oxygen atoms in total. The predicted molar refractivity (Wildman–Crippen MR) is 82.6 cm³/mol. The molecule has 0 saturated carbocycles. The molecule has 1 atom stereocenters. The number of methoxy groups -OCH3 is 1. The molecule has 4 N–H and O–H groups in total. The molecule has 0 aliphatic carbocycles. The summed E-state index contributed by atoms with van der Waals surface area (Å²) in [5, 5.41) is 24.4. The van der Waals surface area contributed by atoms with Crippen molar-refractivity contribution in [3.8, 4) is 11.5 Å². The minimum Gasteiger partial charge on any atom is -0.508 e. The van der Waals surface area contributed by atoms with Crippen LogP contribution in [-0.4, -0.2) is 36.5 Å². The number of carbonyl (C=O) groups excluding carboxylic acids is 1. The lowest BCUT2D eigenvalue weighted by Gasteiger charge is -2.15. The van der Waals surface area contributed by atoms with E-state index in [1.165, 1.54) is 19.6 Å². The lowest BCUT2D eigenvalue weighted by molar-refractivity contribution is 0.171. The Morgan fingerprint density at radius 3 is 2.19 bits per heavy atom. The zero-order chi connectivity index (χ0) is 16.3. The van der Waals surface area contributed by atoms with Crippen LogP contribution >= 0.6 is 0 Å². The van der Waals surface area contributed by atoms with Crippen LogP contribution in [0.25, 0.3) is 0 Å². The van der Waals surface area contributed by atoms with Crippen LogP contribution in [0, 0.1) is 0 Å². The maximum atomic E-state index is 10.8. The quantitative estimate of drug-likeness (QED) is 0.627. The van der Waals surface area contributed by atoms with Gasteiger partial charge < -0.3 is 25.6 Å².